The Hall–Kier alpha value is -3.06. The molecule has 6 rings (SSSR count). The molecule has 28 heavy (non-hydrogen) atoms. The van der Waals surface area contributed by atoms with E-state index in [1.54, 1.807) is 11.3 Å². The number of hydrogen-bond acceptors (Lipinski definition) is 0. The Balaban J connectivity index is 1.69. The summed E-state index contributed by atoms with van der Waals surface area (Å²) < 4.78 is 2.57. The third-order valence-corrected chi connectivity index (χ3v) is 6.58. The molecule has 4 aromatic rings. The normalized spacial score (nSPS) is 20.6. The molecule has 2 atom stereocenters. The van der Waals surface area contributed by atoms with Crippen molar-refractivity contribution in [1.82, 2.24) is 4.57 Å². The Kier molecular flexibility index (Phi) is 3.55. The summed E-state index contributed by atoms with van der Waals surface area (Å²) in [4.78, 5) is 0. The van der Waals surface area contributed by atoms with E-state index >= 15 is 0 Å². The van der Waals surface area contributed by atoms with Crippen LogP contribution >= 0.6 is 0 Å². The van der Waals surface area contributed by atoms with Crippen molar-refractivity contribution in [1.29, 1.82) is 0 Å². The van der Waals surface area contributed by atoms with Crippen LogP contribution in [-0.4, -0.2) is 4.57 Å². The molecule has 0 unspecified atom stereocenters. The molecule has 0 radical (unpaired) electrons. The third kappa shape index (κ3) is 2.26. The first-order valence-electron chi connectivity index (χ1n) is 10.4. The fraction of sp³-hybridized carbons (Fsp3) is 0.185. The molecule has 0 spiro atoms. The van der Waals surface area contributed by atoms with Crippen LogP contribution in [0.15, 0.2) is 91.0 Å². The van der Waals surface area contributed by atoms with Crippen LogP contribution in [0.4, 0.5) is 0 Å². The molecule has 0 bridgehead atoms. The largest absolute Gasteiger partial charge is 0.313 e. The van der Waals surface area contributed by atoms with E-state index in [1.165, 1.54) is 47.0 Å². The first-order valence-corrected chi connectivity index (χ1v) is 10.4. The summed E-state index contributed by atoms with van der Waals surface area (Å²) in [7, 11) is 0. The second-order valence-corrected chi connectivity index (χ2v) is 8.07. The minimum absolute atomic E-state index is 0.437. The molecule has 0 saturated heterocycles. The van der Waals surface area contributed by atoms with Crippen LogP contribution in [0.2, 0.25) is 0 Å². The van der Waals surface area contributed by atoms with Gasteiger partial charge in [0.2, 0.25) is 0 Å². The molecule has 0 fully saturated rings. The van der Waals surface area contributed by atoms with Crippen molar-refractivity contribution in [3.05, 3.63) is 113 Å². The van der Waals surface area contributed by atoms with Gasteiger partial charge >= 0.3 is 0 Å². The van der Waals surface area contributed by atoms with Crippen LogP contribution in [0, 0.1) is 0 Å². The number of rotatable bonds is 2. The van der Waals surface area contributed by atoms with Crippen molar-refractivity contribution in [2.45, 2.75) is 31.1 Å². The van der Waals surface area contributed by atoms with Gasteiger partial charge in [-0.05, 0) is 42.0 Å². The third-order valence-electron chi connectivity index (χ3n) is 6.58. The maximum Gasteiger partial charge on any atom is 0.0534 e. The van der Waals surface area contributed by atoms with E-state index in [2.05, 4.69) is 95.6 Å². The Labute approximate surface area is 165 Å². The minimum Gasteiger partial charge on any atom is -0.313 e. The zero-order valence-corrected chi connectivity index (χ0v) is 15.9. The van der Waals surface area contributed by atoms with Gasteiger partial charge in [-0.1, -0.05) is 84.9 Å². The lowest BCUT2D eigenvalue weighted by Gasteiger charge is -2.36. The van der Waals surface area contributed by atoms with Crippen molar-refractivity contribution >= 4 is 16.6 Å². The molecule has 1 heteroatoms. The Morgan fingerprint density at radius 1 is 0.750 bits per heavy atom. The number of fused-ring (bicyclic) bond motifs is 3. The second kappa shape index (κ2) is 6.24. The number of aromatic nitrogens is 1. The molecule has 2 aliphatic rings. The average molecular weight is 361 g/mol. The van der Waals surface area contributed by atoms with Crippen LogP contribution in [0.5, 0.6) is 0 Å². The first-order chi connectivity index (χ1) is 13.9. The van der Waals surface area contributed by atoms with Gasteiger partial charge in [0.05, 0.1) is 5.52 Å². The maximum atomic E-state index is 2.57. The van der Waals surface area contributed by atoms with Gasteiger partial charge in [-0.2, -0.15) is 0 Å². The SMILES string of the molecule is C1=C(c2ccccc2)n2c3c(c4ccccc42)CCC[C@@H]3[C@@H]1c1ccccc1. The van der Waals surface area contributed by atoms with Gasteiger partial charge in [0, 0.05) is 28.6 Å². The van der Waals surface area contributed by atoms with Gasteiger partial charge in [-0.15, -0.1) is 0 Å². The molecule has 0 saturated carbocycles. The lowest BCUT2D eigenvalue weighted by Crippen LogP contribution is -2.24. The van der Waals surface area contributed by atoms with Gasteiger partial charge < -0.3 is 4.57 Å². The van der Waals surface area contributed by atoms with Crippen LogP contribution in [-0.2, 0) is 6.42 Å². The highest BCUT2D eigenvalue weighted by Gasteiger charge is 2.37. The van der Waals surface area contributed by atoms with E-state index in [0.29, 0.717) is 11.8 Å². The van der Waals surface area contributed by atoms with E-state index in [-0.39, 0.29) is 0 Å². The summed E-state index contributed by atoms with van der Waals surface area (Å²) in [6, 6.07) is 31.0. The van der Waals surface area contributed by atoms with Gasteiger partial charge in [0.15, 0.2) is 0 Å². The summed E-state index contributed by atoms with van der Waals surface area (Å²) in [6.45, 7) is 0. The summed E-state index contributed by atoms with van der Waals surface area (Å²) in [6.07, 6.45) is 6.28. The highest BCUT2D eigenvalue weighted by molar-refractivity contribution is 5.92. The van der Waals surface area contributed by atoms with E-state index in [0.717, 1.165) is 0 Å². The van der Waals surface area contributed by atoms with Gasteiger partial charge in [0.1, 0.15) is 0 Å². The molecule has 1 aliphatic heterocycles. The highest BCUT2D eigenvalue weighted by atomic mass is 15.0. The first kappa shape index (κ1) is 15.9. The number of benzene rings is 3. The molecular weight excluding hydrogens is 338 g/mol. The Morgan fingerprint density at radius 3 is 2.29 bits per heavy atom. The fourth-order valence-corrected chi connectivity index (χ4v) is 5.42. The monoisotopic (exact) mass is 361 g/mol. The highest BCUT2D eigenvalue weighted by Crippen LogP contribution is 2.51. The van der Waals surface area contributed by atoms with Gasteiger partial charge in [-0.3, -0.25) is 0 Å². The summed E-state index contributed by atoms with van der Waals surface area (Å²) in [5, 5.41) is 1.44. The summed E-state index contributed by atoms with van der Waals surface area (Å²) >= 11 is 0. The molecule has 0 N–H and O–H groups in total. The quantitative estimate of drug-likeness (QED) is 0.372. The molecule has 1 nitrogen and oxygen atoms in total. The smallest absolute Gasteiger partial charge is 0.0534 e. The molecule has 1 aliphatic carbocycles. The lowest BCUT2D eigenvalue weighted by molar-refractivity contribution is 0.489. The minimum atomic E-state index is 0.437. The molecule has 0 amide bonds. The Morgan fingerprint density at radius 2 is 1.46 bits per heavy atom. The van der Waals surface area contributed by atoms with E-state index in [4.69, 9.17) is 0 Å². The van der Waals surface area contributed by atoms with Crippen LogP contribution in [0.1, 0.15) is 47.1 Å². The van der Waals surface area contributed by atoms with E-state index < -0.39 is 0 Å². The molecular formula is C27H23N. The summed E-state index contributed by atoms with van der Waals surface area (Å²) in [5.41, 5.74) is 8.57. The van der Waals surface area contributed by atoms with Gasteiger partial charge in [-0.25, -0.2) is 0 Å². The van der Waals surface area contributed by atoms with Crippen LogP contribution in [0.25, 0.3) is 16.6 Å². The number of allylic oxidation sites excluding steroid dienone is 1. The standard InChI is InChI=1S/C27H23N/c1-3-10-19(11-4-1)24-18-26(20-12-5-2-6-13-20)28-25-17-8-7-14-21(25)22-15-9-16-23(24)27(22)28/h1-8,10-14,17-18,23-24H,9,15-16H2/t23-,24+/m1/s1. The lowest BCUT2D eigenvalue weighted by atomic mass is 9.73. The molecule has 1 aromatic heterocycles. The van der Waals surface area contributed by atoms with Crippen molar-refractivity contribution in [2.24, 2.45) is 0 Å². The Bertz CT molecular complexity index is 1180. The number of aryl methyl sites for hydroxylation is 1. The number of para-hydroxylation sites is 1. The molecule has 136 valence electrons. The van der Waals surface area contributed by atoms with Crippen LogP contribution < -0.4 is 0 Å². The number of nitrogens with zero attached hydrogens (tertiary/aromatic N) is 1. The number of hydrogen-bond donors (Lipinski definition) is 0. The van der Waals surface area contributed by atoms with Crippen molar-refractivity contribution in [2.75, 3.05) is 0 Å². The van der Waals surface area contributed by atoms with E-state index in [9.17, 15) is 0 Å². The van der Waals surface area contributed by atoms with Crippen molar-refractivity contribution < 1.29 is 0 Å². The van der Waals surface area contributed by atoms with Crippen molar-refractivity contribution in [3.8, 4) is 0 Å². The predicted molar refractivity (Wildman–Crippen MR) is 117 cm³/mol. The molecule has 2 heterocycles. The molecule has 3 aromatic carbocycles. The maximum absolute atomic E-state index is 2.57. The summed E-state index contributed by atoms with van der Waals surface area (Å²) in [5.74, 6) is 0.998. The van der Waals surface area contributed by atoms with Crippen molar-refractivity contribution in [3.63, 3.8) is 0 Å². The zero-order valence-electron chi connectivity index (χ0n) is 15.9. The fourth-order valence-electron chi connectivity index (χ4n) is 5.42. The van der Waals surface area contributed by atoms with Crippen LogP contribution in [0.3, 0.4) is 0 Å². The van der Waals surface area contributed by atoms with Gasteiger partial charge in [0.25, 0.3) is 0 Å². The second-order valence-electron chi connectivity index (χ2n) is 8.07. The van der Waals surface area contributed by atoms with E-state index in [1.807, 2.05) is 0 Å². The predicted octanol–water partition coefficient (Wildman–Crippen LogP) is 6.75. The average Bonchev–Trinajstić information content (AvgIpc) is 3.12. The topological polar surface area (TPSA) is 4.93 Å². The zero-order chi connectivity index (χ0) is 18.5.